The van der Waals surface area contributed by atoms with Crippen LogP contribution in [-0.4, -0.2) is 157 Å². The van der Waals surface area contributed by atoms with Gasteiger partial charge in [-0.1, -0.05) is 157 Å². The molecule has 4 aromatic carbocycles. The number of esters is 2. The van der Waals surface area contributed by atoms with Crippen molar-refractivity contribution in [2.75, 3.05) is 76.4 Å². The van der Waals surface area contributed by atoms with Gasteiger partial charge in [0.15, 0.2) is 11.3 Å². The van der Waals surface area contributed by atoms with Crippen LogP contribution in [0.4, 0.5) is 11.6 Å². The first-order chi connectivity index (χ1) is 47.5. The lowest BCUT2D eigenvalue weighted by Crippen LogP contribution is -2.33. The van der Waals surface area contributed by atoms with Gasteiger partial charge in [-0.05, 0) is 162 Å². The zero-order chi connectivity index (χ0) is 72.2. The molecule has 2 aliphatic carbocycles. The van der Waals surface area contributed by atoms with Crippen molar-refractivity contribution in [1.29, 1.82) is 0 Å². The molecular formula is C76H114BIN8O10Si4. The van der Waals surface area contributed by atoms with Crippen molar-refractivity contribution in [3.63, 3.8) is 0 Å². The average molecular weight is 1550 g/mol. The van der Waals surface area contributed by atoms with Gasteiger partial charge in [0.25, 0.3) is 0 Å². The molecule has 2 saturated carbocycles. The number of anilines is 2. The standard InChI is InChI=1S/C38H56N4O4Si2.C28H49IN4O4Si2.C10H9BO2/c1-8-46-37(43)23-29-13-15-31(16-14-29)35-25-36(41(27-44-19-21-47(2,3)4)28-45-20-22-48(5,6)7)42-38(40-35)34(26-39-42)33-18-17-30-11-9-10-12-32(30)24-33;1-8-37-27(34)17-22-9-11-23(12-10-22)25-18-26(33-28(31-25)24(29)19-30-33)32(20-35-13-15-38(2,3)4)21-36-14-16-39(5,6)7;12-11(13)10-6-5-8-3-1-2-4-9(8)7-10/h9-12,17-18,24-26,29,31H,8,13-16,19-23,27-28H2,1-7H3;18-19,22-23H,8-17,20-21H2,1-7H3;1-7,12-13H. The predicted molar refractivity (Wildman–Crippen MR) is 428 cm³/mol. The first kappa shape index (κ1) is 80.3. The van der Waals surface area contributed by atoms with Crippen molar-refractivity contribution in [2.45, 2.75) is 193 Å². The van der Waals surface area contributed by atoms with Crippen LogP contribution in [-0.2, 0) is 38.0 Å². The van der Waals surface area contributed by atoms with Crippen LogP contribution in [0, 0.1) is 15.4 Å². The summed E-state index contributed by atoms with van der Waals surface area (Å²) in [5, 5.41) is 32.0. The maximum absolute atomic E-state index is 12.2. The zero-order valence-corrected chi connectivity index (χ0v) is 68.5. The predicted octanol–water partition coefficient (Wildman–Crippen LogP) is 16.7. The largest absolute Gasteiger partial charge is 0.488 e. The topological polar surface area (TPSA) is 197 Å². The summed E-state index contributed by atoms with van der Waals surface area (Å²) in [5.41, 5.74) is 6.54. The maximum atomic E-state index is 12.2. The fourth-order valence-electron chi connectivity index (χ4n) is 12.5. The number of halogens is 1. The molecule has 24 heteroatoms. The molecule has 2 fully saturated rings. The van der Waals surface area contributed by atoms with Crippen molar-refractivity contribution in [3.05, 3.63) is 124 Å². The van der Waals surface area contributed by atoms with Gasteiger partial charge in [0.1, 0.15) is 38.6 Å². The van der Waals surface area contributed by atoms with Crippen molar-refractivity contribution in [3.8, 4) is 11.1 Å². The summed E-state index contributed by atoms with van der Waals surface area (Å²) >= 11 is 2.32. The highest BCUT2D eigenvalue weighted by molar-refractivity contribution is 14.1. The van der Waals surface area contributed by atoms with E-state index in [4.69, 9.17) is 53.5 Å². The molecule has 2 N–H and O–H groups in total. The number of ether oxygens (including phenoxy) is 6. The molecule has 0 bridgehead atoms. The van der Waals surface area contributed by atoms with E-state index < -0.39 is 39.4 Å². The van der Waals surface area contributed by atoms with Gasteiger partial charge in [0.2, 0.25) is 0 Å². The average Bonchev–Trinajstić information content (AvgIpc) is 1.57. The van der Waals surface area contributed by atoms with Gasteiger partial charge < -0.3 is 48.3 Å². The number of nitrogens with zero attached hydrogens (tertiary/aromatic N) is 8. The Labute approximate surface area is 613 Å². The quantitative estimate of drug-likeness (QED) is 0.0133. The Hall–Kier alpha value is -5.40. The lowest BCUT2D eigenvalue weighted by molar-refractivity contribution is -0.145. The summed E-state index contributed by atoms with van der Waals surface area (Å²) in [4.78, 5) is 39.0. The van der Waals surface area contributed by atoms with Crippen molar-refractivity contribution < 1.29 is 48.1 Å². The van der Waals surface area contributed by atoms with Crippen LogP contribution in [0.25, 0.3) is 44.0 Å². The van der Waals surface area contributed by atoms with Gasteiger partial charge >= 0.3 is 19.1 Å². The number of hydrogen-bond acceptors (Lipinski definition) is 16. The van der Waals surface area contributed by atoms with Gasteiger partial charge in [-0.2, -0.15) is 19.2 Å². The number of aromatic nitrogens is 6. The fraction of sp³-hybridized carbons (Fsp3) is 0.553. The molecule has 10 rings (SSSR count). The summed E-state index contributed by atoms with van der Waals surface area (Å²) < 4.78 is 40.5. The third-order valence-electron chi connectivity index (χ3n) is 18.7. The van der Waals surface area contributed by atoms with E-state index in [2.05, 4.69) is 171 Å². The fourth-order valence-corrected chi connectivity index (χ4v) is 16.0. The van der Waals surface area contributed by atoms with E-state index in [0.717, 1.165) is 162 Å². The molecule has 2 aliphatic rings. The minimum absolute atomic E-state index is 0.0736. The summed E-state index contributed by atoms with van der Waals surface area (Å²) in [6.45, 7) is 37.9. The highest BCUT2D eigenvalue weighted by atomic mass is 127. The molecular weight excluding hydrogens is 1430 g/mol. The van der Waals surface area contributed by atoms with Crippen molar-refractivity contribution >= 4 is 124 Å². The molecule has 0 spiro atoms. The molecule has 0 unspecified atom stereocenters. The molecule has 18 nitrogen and oxygen atoms in total. The Morgan fingerprint density at radius 2 is 0.880 bits per heavy atom. The highest BCUT2D eigenvalue weighted by Crippen LogP contribution is 2.41. The number of carbonyl (C=O) groups excluding carboxylic acids is 2. The minimum Gasteiger partial charge on any atom is -0.466 e. The van der Waals surface area contributed by atoms with E-state index in [1.807, 2.05) is 65.6 Å². The number of hydrogen-bond donors (Lipinski definition) is 2. The lowest BCUT2D eigenvalue weighted by Gasteiger charge is -2.30. The second kappa shape index (κ2) is 37.9. The molecule has 0 atom stereocenters. The normalized spacial score (nSPS) is 16.8. The van der Waals surface area contributed by atoms with Gasteiger partial charge in [-0.3, -0.25) is 9.59 Å². The van der Waals surface area contributed by atoms with E-state index in [0.29, 0.717) is 82.1 Å². The van der Waals surface area contributed by atoms with Crippen LogP contribution in [0.5, 0.6) is 0 Å². The second-order valence-electron chi connectivity index (χ2n) is 32.1. The monoisotopic (exact) mass is 1550 g/mol. The molecule has 0 saturated heterocycles. The smallest absolute Gasteiger partial charge is 0.466 e. The summed E-state index contributed by atoms with van der Waals surface area (Å²) in [7, 11) is -6.22. The molecule has 0 aliphatic heterocycles. The second-order valence-corrected chi connectivity index (χ2v) is 55.7. The molecule has 100 heavy (non-hydrogen) atoms. The highest BCUT2D eigenvalue weighted by Gasteiger charge is 2.31. The SMILES string of the molecule is CCOC(=O)CC1CCC(c2cc(N(COCC[Si](C)(C)C)COCC[Si](C)(C)C)n3ncc(-c4ccc5ccccc5c4)c3n2)CC1.CCOC(=O)CC1CCC(c2cc(N(COCC[Si](C)(C)C)COCC[Si](C)(C)C)n3ncc(I)c3n2)CC1.OB(O)c1ccc2ccccc2c1. The molecule has 544 valence electrons. The molecule has 8 aromatic rings. The first-order valence-electron chi connectivity index (χ1n) is 36.4. The van der Waals surface area contributed by atoms with Crippen LogP contribution in [0.15, 0.2) is 109 Å². The number of benzene rings is 4. The van der Waals surface area contributed by atoms with Gasteiger partial charge in [0, 0.05) is 112 Å². The lowest BCUT2D eigenvalue weighted by atomic mass is 9.79. The zero-order valence-electron chi connectivity index (χ0n) is 62.4. The molecule has 0 radical (unpaired) electrons. The molecule has 0 amide bonds. The van der Waals surface area contributed by atoms with Gasteiger partial charge in [-0.15, -0.1) is 0 Å². The summed E-state index contributed by atoms with van der Waals surface area (Å²) in [5.74, 6) is 3.17. The van der Waals surface area contributed by atoms with Gasteiger partial charge in [0.05, 0.1) is 29.2 Å². The van der Waals surface area contributed by atoms with Crippen molar-refractivity contribution in [2.24, 2.45) is 11.8 Å². The third-order valence-corrected chi connectivity index (χ3v) is 26.3. The van der Waals surface area contributed by atoms with Crippen LogP contribution < -0.4 is 15.3 Å². The van der Waals surface area contributed by atoms with Crippen LogP contribution in [0.3, 0.4) is 0 Å². The third kappa shape index (κ3) is 25.5. The van der Waals surface area contributed by atoms with Crippen LogP contribution in [0.2, 0.25) is 103 Å². The van der Waals surface area contributed by atoms with E-state index in [1.54, 1.807) is 12.1 Å². The molecule has 4 aromatic heterocycles. The molecule has 4 heterocycles. The Morgan fingerprint density at radius 3 is 1.29 bits per heavy atom. The van der Waals surface area contributed by atoms with Crippen LogP contribution >= 0.6 is 22.6 Å². The maximum Gasteiger partial charge on any atom is 0.488 e. The summed E-state index contributed by atoms with van der Waals surface area (Å²) in [6.07, 6.45) is 12.9. The Morgan fingerprint density at radius 1 is 0.500 bits per heavy atom. The first-order valence-corrected chi connectivity index (χ1v) is 52.3. The van der Waals surface area contributed by atoms with E-state index >= 15 is 0 Å². The van der Waals surface area contributed by atoms with E-state index in [9.17, 15) is 9.59 Å². The Balaban J connectivity index is 0.000000218. The Kier molecular flexibility index (Phi) is 30.4. The summed E-state index contributed by atoms with van der Waals surface area (Å²) in [6, 6.07) is 37.1. The number of fused-ring (bicyclic) bond motifs is 4. The van der Waals surface area contributed by atoms with Gasteiger partial charge in [-0.25, -0.2) is 9.97 Å². The number of rotatable bonds is 32. The van der Waals surface area contributed by atoms with E-state index in [-0.39, 0.29) is 11.9 Å². The van der Waals surface area contributed by atoms with Crippen LogP contribution in [0.1, 0.15) is 101 Å². The van der Waals surface area contributed by atoms with Crippen molar-refractivity contribution in [1.82, 2.24) is 29.2 Å². The minimum atomic E-state index is -1.38. The number of carbonyl (C=O) groups is 2. The Bertz CT molecular complexity index is 3830. The van der Waals surface area contributed by atoms with E-state index in [1.165, 1.54) is 10.8 Å².